The molecular weight excluding hydrogens is 322 g/mol. The Balaban J connectivity index is 2.19. The van der Waals surface area contributed by atoms with Crippen LogP contribution in [0.4, 0.5) is 5.69 Å². The van der Waals surface area contributed by atoms with Gasteiger partial charge in [0.25, 0.3) is 0 Å². The molecule has 0 aromatic carbocycles. The Hall–Kier alpha value is -2.06. The second-order valence-electron chi connectivity index (χ2n) is 7.17. The molecule has 4 nitrogen and oxygen atoms in total. The first-order chi connectivity index (χ1) is 11.2. The predicted octanol–water partition coefficient (Wildman–Crippen LogP) is 4.53. The average Bonchev–Trinajstić information content (AvgIpc) is 2.88. The molecule has 5 heteroatoms. The van der Waals surface area contributed by atoms with E-state index in [-0.39, 0.29) is 22.1 Å². The Bertz CT molecular complexity index is 741. The number of carbonyl (C=O) groups excluding carboxylic acids is 1. The molecule has 0 spiro atoms. The highest BCUT2D eigenvalue weighted by molar-refractivity contribution is 7.15. The number of thiophene rings is 1. The summed E-state index contributed by atoms with van der Waals surface area (Å²) in [5.41, 5.74) is 1.49. The highest BCUT2D eigenvalue weighted by Gasteiger charge is 2.23. The van der Waals surface area contributed by atoms with E-state index in [4.69, 9.17) is 0 Å². The lowest BCUT2D eigenvalue weighted by Gasteiger charge is -2.19. The summed E-state index contributed by atoms with van der Waals surface area (Å²) < 4.78 is 0. The number of hydrogen-bond donors (Lipinski definition) is 2. The molecule has 1 aromatic rings. The van der Waals surface area contributed by atoms with Gasteiger partial charge in [-0.15, -0.1) is 11.3 Å². The monoisotopic (exact) mass is 345 g/mol. The van der Waals surface area contributed by atoms with Gasteiger partial charge in [-0.05, 0) is 53.0 Å². The molecule has 1 aromatic heterocycles. The molecule has 0 bridgehead atoms. The maximum absolute atomic E-state index is 12.4. The molecule has 1 heterocycles. The predicted molar refractivity (Wildman–Crippen MR) is 97.3 cm³/mol. The summed E-state index contributed by atoms with van der Waals surface area (Å²) in [5, 5.41) is 12.2. The van der Waals surface area contributed by atoms with Gasteiger partial charge in [0.15, 0.2) is 0 Å². The van der Waals surface area contributed by atoms with Crippen LogP contribution in [0.2, 0.25) is 0 Å². The third-order valence-electron chi connectivity index (χ3n) is 3.75. The van der Waals surface area contributed by atoms with Crippen LogP contribution < -0.4 is 5.32 Å². The Morgan fingerprint density at radius 1 is 1.38 bits per heavy atom. The van der Waals surface area contributed by atoms with Gasteiger partial charge in [0, 0.05) is 11.3 Å². The maximum Gasteiger partial charge on any atom is 0.348 e. The summed E-state index contributed by atoms with van der Waals surface area (Å²) >= 11 is 1.10. The van der Waals surface area contributed by atoms with Gasteiger partial charge in [-0.25, -0.2) is 4.79 Å². The van der Waals surface area contributed by atoms with E-state index in [1.165, 1.54) is 5.57 Å². The number of amides is 1. The normalized spacial score (nSPS) is 17.5. The van der Waals surface area contributed by atoms with Gasteiger partial charge in [-0.3, -0.25) is 4.79 Å². The first-order valence-corrected chi connectivity index (χ1v) is 8.84. The fourth-order valence-electron chi connectivity index (χ4n) is 2.39. The number of carboxylic acid groups (broad SMARTS) is 1. The average molecular weight is 345 g/mol. The number of nitrogens with one attached hydrogen (secondary N) is 1. The van der Waals surface area contributed by atoms with Crippen LogP contribution in [0.15, 0.2) is 17.7 Å². The van der Waals surface area contributed by atoms with Crippen molar-refractivity contribution in [3.8, 4) is 11.8 Å². The number of anilines is 1. The molecule has 0 fully saturated rings. The highest BCUT2D eigenvalue weighted by Crippen LogP contribution is 2.30. The Kier molecular flexibility index (Phi) is 5.51. The van der Waals surface area contributed by atoms with Crippen molar-refractivity contribution in [3.63, 3.8) is 0 Å². The molecule has 1 atom stereocenters. The van der Waals surface area contributed by atoms with Crippen molar-refractivity contribution >= 4 is 28.9 Å². The van der Waals surface area contributed by atoms with E-state index in [9.17, 15) is 14.7 Å². The zero-order valence-corrected chi connectivity index (χ0v) is 15.3. The van der Waals surface area contributed by atoms with Crippen LogP contribution >= 0.6 is 11.3 Å². The van der Waals surface area contributed by atoms with Crippen LogP contribution in [-0.2, 0) is 4.79 Å². The van der Waals surface area contributed by atoms with Gasteiger partial charge in [0.05, 0.1) is 10.6 Å². The second kappa shape index (κ2) is 7.23. The summed E-state index contributed by atoms with van der Waals surface area (Å²) in [6, 6.07) is 1.66. The van der Waals surface area contributed by atoms with Crippen molar-refractivity contribution in [1.29, 1.82) is 0 Å². The molecular formula is C19H23NO3S. The van der Waals surface area contributed by atoms with Gasteiger partial charge < -0.3 is 10.4 Å². The molecule has 0 aliphatic heterocycles. The third kappa shape index (κ3) is 4.97. The van der Waals surface area contributed by atoms with Crippen molar-refractivity contribution in [3.05, 3.63) is 27.5 Å². The van der Waals surface area contributed by atoms with Gasteiger partial charge in [0.2, 0.25) is 5.91 Å². The molecule has 0 unspecified atom stereocenters. The SMILES string of the molecule is CC1=CC[C@H](C(=O)Nc2cc(C#CC(C)(C)C)sc2C(=O)O)CC1. The largest absolute Gasteiger partial charge is 0.477 e. The lowest BCUT2D eigenvalue weighted by atomic mass is 9.89. The lowest BCUT2D eigenvalue weighted by Crippen LogP contribution is -2.24. The van der Waals surface area contributed by atoms with Gasteiger partial charge in [-0.1, -0.05) is 23.5 Å². The minimum Gasteiger partial charge on any atom is -0.477 e. The minimum atomic E-state index is -1.04. The van der Waals surface area contributed by atoms with Crippen LogP contribution in [0.5, 0.6) is 0 Å². The van der Waals surface area contributed by atoms with E-state index in [1.54, 1.807) is 6.07 Å². The Labute approximate surface area is 147 Å². The summed E-state index contributed by atoms with van der Waals surface area (Å²) in [6.07, 6.45) is 4.51. The number of hydrogen-bond acceptors (Lipinski definition) is 3. The molecule has 2 N–H and O–H groups in total. The van der Waals surface area contributed by atoms with Crippen molar-refractivity contribution < 1.29 is 14.7 Å². The molecule has 0 saturated heterocycles. The lowest BCUT2D eigenvalue weighted by molar-refractivity contribution is -0.120. The molecule has 1 aliphatic rings. The number of carboxylic acids is 1. The van der Waals surface area contributed by atoms with Crippen molar-refractivity contribution in [2.75, 3.05) is 5.32 Å². The molecule has 0 radical (unpaired) electrons. The van der Waals surface area contributed by atoms with Gasteiger partial charge in [0.1, 0.15) is 4.88 Å². The van der Waals surface area contributed by atoms with E-state index in [0.29, 0.717) is 17.0 Å². The minimum absolute atomic E-state index is 0.0978. The van der Waals surface area contributed by atoms with Crippen molar-refractivity contribution in [1.82, 2.24) is 0 Å². The number of rotatable bonds is 3. The van der Waals surface area contributed by atoms with Crippen LogP contribution in [0, 0.1) is 23.2 Å². The third-order valence-corrected chi connectivity index (χ3v) is 4.79. The van der Waals surface area contributed by atoms with E-state index >= 15 is 0 Å². The molecule has 0 saturated carbocycles. The molecule has 2 rings (SSSR count). The van der Waals surface area contributed by atoms with E-state index < -0.39 is 5.97 Å². The molecule has 128 valence electrons. The topological polar surface area (TPSA) is 66.4 Å². The van der Waals surface area contributed by atoms with Gasteiger partial charge >= 0.3 is 5.97 Å². The van der Waals surface area contributed by atoms with Crippen LogP contribution in [0.25, 0.3) is 0 Å². The standard InChI is InChI=1S/C19H23NO3S/c1-12-5-7-13(8-6-12)17(21)20-15-11-14(9-10-19(2,3)4)24-16(15)18(22)23/h5,11,13H,6-8H2,1-4H3,(H,20,21)(H,22,23)/t13-/m0/s1. The number of carbonyl (C=O) groups is 2. The second-order valence-corrected chi connectivity index (χ2v) is 8.22. The fourth-order valence-corrected chi connectivity index (χ4v) is 3.20. The van der Waals surface area contributed by atoms with Crippen molar-refractivity contribution in [2.24, 2.45) is 11.3 Å². The van der Waals surface area contributed by atoms with Gasteiger partial charge in [-0.2, -0.15) is 0 Å². The van der Waals surface area contributed by atoms with E-state index in [2.05, 4.69) is 30.2 Å². The number of allylic oxidation sites excluding steroid dienone is 2. The highest BCUT2D eigenvalue weighted by atomic mass is 32.1. The smallest absolute Gasteiger partial charge is 0.348 e. The first kappa shape index (κ1) is 18.3. The Morgan fingerprint density at radius 2 is 2.08 bits per heavy atom. The Morgan fingerprint density at radius 3 is 2.62 bits per heavy atom. The maximum atomic E-state index is 12.4. The van der Waals surface area contributed by atoms with E-state index in [0.717, 1.165) is 24.2 Å². The fraction of sp³-hybridized carbons (Fsp3) is 0.474. The first-order valence-electron chi connectivity index (χ1n) is 8.02. The molecule has 24 heavy (non-hydrogen) atoms. The molecule has 1 aliphatic carbocycles. The quantitative estimate of drug-likeness (QED) is 0.625. The summed E-state index contributed by atoms with van der Waals surface area (Å²) in [5.74, 6) is 4.83. The van der Waals surface area contributed by atoms with E-state index in [1.807, 2.05) is 20.8 Å². The van der Waals surface area contributed by atoms with Crippen LogP contribution in [-0.4, -0.2) is 17.0 Å². The van der Waals surface area contributed by atoms with Crippen LogP contribution in [0.1, 0.15) is 61.5 Å². The molecule has 1 amide bonds. The van der Waals surface area contributed by atoms with Crippen molar-refractivity contribution in [2.45, 2.75) is 47.0 Å². The summed E-state index contributed by atoms with van der Waals surface area (Å²) in [4.78, 5) is 24.6. The van der Waals surface area contributed by atoms with Crippen LogP contribution in [0.3, 0.4) is 0 Å². The summed E-state index contributed by atoms with van der Waals surface area (Å²) in [7, 11) is 0. The number of aromatic carboxylic acids is 1. The zero-order valence-electron chi connectivity index (χ0n) is 14.5. The zero-order chi connectivity index (χ0) is 17.9. The summed E-state index contributed by atoms with van der Waals surface area (Å²) in [6.45, 7) is 8.04.